The van der Waals surface area contributed by atoms with Crippen molar-refractivity contribution in [1.82, 2.24) is 18.3 Å². The largest absolute Gasteiger partial charge is 0.417 e. The first kappa shape index (κ1) is 41.9. The highest BCUT2D eigenvalue weighted by Gasteiger charge is 2.38. The smallest absolute Gasteiger partial charge is 0.307 e. The summed E-state index contributed by atoms with van der Waals surface area (Å²) in [4.78, 5) is 0. The lowest BCUT2D eigenvalue weighted by atomic mass is 9.95. The molecule has 14 aromatic rings. The summed E-state index contributed by atoms with van der Waals surface area (Å²) in [5, 5.41) is 7.08. The summed E-state index contributed by atoms with van der Waals surface area (Å²) in [5.41, 5.74) is 5.69. The molecule has 0 aliphatic rings. The Kier molecular flexibility index (Phi) is 8.87. The van der Waals surface area contributed by atoms with Gasteiger partial charge in [0.15, 0.2) is 0 Å². The predicted octanol–water partition coefficient (Wildman–Crippen LogP) is 17.8. The van der Waals surface area contributed by atoms with Gasteiger partial charge in [-0.25, -0.2) is 0 Å². The van der Waals surface area contributed by atoms with Gasteiger partial charge in [0.1, 0.15) is 0 Å². The number of alkyl halides is 6. The summed E-state index contributed by atoms with van der Waals surface area (Å²) in [5.74, 6) is 0. The molecular weight excluding hydrogens is 915 g/mol. The predicted molar refractivity (Wildman–Crippen MR) is 279 cm³/mol. The van der Waals surface area contributed by atoms with E-state index in [0.29, 0.717) is 27.8 Å². The molecule has 4 nitrogen and oxygen atoms in total. The highest BCUT2D eigenvalue weighted by Crippen LogP contribution is 2.49. The van der Waals surface area contributed by atoms with Gasteiger partial charge in [-0.1, -0.05) is 146 Å². The molecule has 4 aromatic heterocycles. The van der Waals surface area contributed by atoms with Gasteiger partial charge < -0.3 is 18.3 Å². The maximum absolute atomic E-state index is 16.3. The molecule has 346 valence electrons. The fourth-order valence-electron chi connectivity index (χ4n) is 11.5. The van der Waals surface area contributed by atoms with Crippen molar-refractivity contribution < 1.29 is 26.3 Å². The highest BCUT2D eigenvalue weighted by molar-refractivity contribution is 6.26. The van der Waals surface area contributed by atoms with Gasteiger partial charge >= 0.3 is 12.4 Å². The van der Waals surface area contributed by atoms with Crippen LogP contribution in [0.1, 0.15) is 11.1 Å². The van der Waals surface area contributed by atoms with Gasteiger partial charge in [0.25, 0.3) is 0 Å². The Morgan fingerprint density at radius 1 is 0.278 bits per heavy atom. The Balaban J connectivity index is 1.25. The molecule has 0 radical (unpaired) electrons. The molecule has 0 unspecified atom stereocenters. The van der Waals surface area contributed by atoms with E-state index in [4.69, 9.17) is 0 Å². The number of fused-ring (bicyclic) bond motifs is 14. The van der Waals surface area contributed by atoms with Gasteiger partial charge in [-0.05, 0) is 83.9 Å². The molecule has 0 saturated heterocycles. The Labute approximate surface area is 406 Å². The van der Waals surface area contributed by atoms with Crippen molar-refractivity contribution in [3.8, 4) is 33.9 Å². The monoisotopic (exact) mass is 950 g/mol. The first-order valence-corrected chi connectivity index (χ1v) is 23.5. The van der Waals surface area contributed by atoms with Crippen molar-refractivity contribution in [3.05, 3.63) is 230 Å². The molecule has 10 heteroatoms. The van der Waals surface area contributed by atoms with E-state index < -0.39 is 29.0 Å². The average molecular weight is 951 g/mol. The standard InChI is InChI=1S/C62H36F6N4/c63-61(64,65)38-17-15-16-37(34-38)49-35-55(71-53-28-13-9-24-43(53)47-32-30-45-41-22-7-11-26-51(41)69(57(45)59(47)71)39-18-3-1-4-19-39)56(36-50(49)62(66,67)68)72-54-29-14-10-25-44(54)48-33-31-46-42-23-8-12-27-52(42)70(58(46)60(48)72)40-20-5-2-6-21-40/h1-36H. The van der Waals surface area contributed by atoms with E-state index in [0.717, 1.165) is 94.7 Å². The van der Waals surface area contributed by atoms with Crippen LogP contribution >= 0.6 is 0 Å². The van der Waals surface area contributed by atoms with Crippen molar-refractivity contribution >= 4 is 87.2 Å². The van der Waals surface area contributed by atoms with Crippen LogP contribution in [-0.2, 0) is 12.4 Å². The van der Waals surface area contributed by atoms with Crippen LogP contribution in [0, 0.1) is 0 Å². The summed E-state index contributed by atoms with van der Waals surface area (Å²) in [6.45, 7) is 0. The lowest BCUT2D eigenvalue weighted by Crippen LogP contribution is -2.13. The van der Waals surface area contributed by atoms with Gasteiger partial charge in [0.05, 0.1) is 66.6 Å². The molecule has 0 bridgehead atoms. The number of hydrogen-bond acceptors (Lipinski definition) is 0. The van der Waals surface area contributed by atoms with Gasteiger partial charge in [-0.2, -0.15) is 26.3 Å². The minimum atomic E-state index is -5.02. The second-order valence-electron chi connectivity index (χ2n) is 18.3. The van der Waals surface area contributed by atoms with Gasteiger partial charge in [0.2, 0.25) is 0 Å². The zero-order valence-corrected chi connectivity index (χ0v) is 37.8. The van der Waals surface area contributed by atoms with E-state index >= 15 is 13.2 Å². The van der Waals surface area contributed by atoms with Crippen LogP contribution < -0.4 is 0 Å². The number of nitrogens with zero attached hydrogens (tertiary/aromatic N) is 4. The molecule has 0 N–H and O–H groups in total. The van der Waals surface area contributed by atoms with Crippen molar-refractivity contribution in [2.75, 3.05) is 0 Å². The average Bonchev–Trinajstić information content (AvgIpc) is 4.14. The first-order valence-electron chi connectivity index (χ1n) is 23.5. The molecule has 10 aromatic carbocycles. The zero-order chi connectivity index (χ0) is 48.6. The molecule has 0 atom stereocenters. The highest BCUT2D eigenvalue weighted by atomic mass is 19.4. The summed E-state index contributed by atoms with van der Waals surface area (Å²) in [6, 6.07) is 66.6. The van der Waals surface area contributed by atoms with E-state index in [-0.39, 0.29) is 11.3 Å². The van der Waals surface area contributed by atoms with Gasteiger partial charge in [0, 0.05) is 54.5 Å². The first-order chi connectivity index (χ1) is 35.0. The van der Waals surface area contributed by atoms with Gasteiger partial charge in [-0.15, -0.1) is 0 Å². The SMILES string of the molecule is FC(F)(F)c1cccc(-c2cc(-n3c4ccccc4c4ccc5c6ccccc6n(-c6ccccc6)c5c43)c(-n3c4ccccc4c4ccc5c6ccccc6n(-c6ccccc6)c5c43)cc2C(F)(F)F)c1. The molecule has 72 heavy (non-hydrogen) atoms. The molecule has 0 aliphatic carbocycles. The van der Waals surface area contributed by atoms with Crippen molar-refractivity contribution in [3.63, 3.8) is 0 Å². The number of aromatic nitrogens is 4. The Hall–Kier alpha value is -9.02. The van der Waals surface area contributed by atoms with Crippen LogP contribution in [0.2, 0.25) is 0 Å². The fourth-order valence-corrected chi connectivity index (χ4v) is 11.5. The fraction of sp³-hybridized carbons (Fsp3) is 0.0323. The number of rotatable bonds is 5. The third kappa shape index (κ3) is 6.01. The third-order valence-corrected chi connectivity index (χ3v) is 14.4. The normalized spacial score (nSPS) is 12.6. The summed E-state index contributed by atoms with van der Waals surface area (Å²) >= 11 is 0. The van der Waals surface area contributed by atoms with Crippen molar-refractivity contribution in [1.29, 1.82) is 0 Å². The molecule has 0 amide bonds. The lowest BCUT2D eigenvalue weighted by Gasteiger charge is -2.23. The Morgan fingerprint density at radius 2 is 0.639 bits per heavy atom. The zero-order valence-electron chi connectivity index (χ0n) is 37.8. The van der Waals surface area contributed by atoms with Crippen LogP contribution in [0.15, 0.2) is 218 Å². The van der Waals surface area contributed by atoms with Crippen LogP contribution in [0.5, 0.6) is 0 Å². The Bertz CT molecular complexity index is 4530. The van der Waals surface area contributed by atoms with E-state index in [1.54, 1.807) is 0 Å². The number of para-hydroxylation sites is 6. The number of halogens is 6. The summed E-state index contributed by atoms with van der Waals surface area (Å²) in [7, 11) is 0. The second-order valence-corrected chi connectivity index (χ2v) is 18.3. The molecule has 14 rings (SSSR count). The van der Waals surface area contributed by atoms with E-state index in [9.17, 15) is 13.2 Å². The molecule has 0 fully saturated rings. The quantitative estimate of drug-likeness (QED) is 0.153. The maximum atomic E-state index is 16.3. The lowest BCUT2D eigenvalue weighted by molar-refractivity contribution is -0.137. The molecule has 0 aliphatic heterocycles. The van der Waals surface area contributed by atoms with Crippen molar-refractivity contribution in [2.24, 2.45) is 0 Å². The summed E-state index contributed by atoms with van der Waals surface area (Å²) in [6.07, 6.45) is -9.83. The number of benzene rings is 10. The van der Waals surface area contributed by atoms with Crippen LogP contribution in [0.3, 0.4) is 0 Å². The topological polar surface area (TPSA) is 19.7 Å². The van der Waals surface area contributed by atoms with E-state index in [1.807, 2.05) is 155 Å². The maximum Gasteiger partial charge on any atom is 0.417 e. The Morgan fingerprint density at radius 3 is 1.04 bits per heavy atom. The van der Waals surface area contributed by atoms with Gasteiger partial charge in [-0.3, -0.25) is 0 Å². The third-order valence-electron chi connectivity index (χ3n) is 14.4. The van der Waals surface area contributed by atoms with Crippen LogP contribution in [-0.4, -0.2) is 18.3 Å². The molecule has 0 spiro atoms. The second kappa shape index (κ2) is 15.2. The van der Waals surface area contributed by atoms with E-state index in [1.165, 1.54) is 18.2 Å². The van der Waals surface area contributed by atoms with Crippen molar-refractivity contribution in [2.45, 2.75) is 12.4 Å². The minimum Gasteiger partial charge on any atom is -0.307 e. The van der Waals surface area contributed by atoms with E-state index in [2.05, 4.69) is 45.5 Å². The molecular formula is C62H36F6N4. The summed E-state index contributed by atoms with van der Waals surface area (Å²) < 4.78 is 101. The van der Waals surface area contributed by atoms with Crippen LogP contribution in [0.25, 0.3) is 121 Å². The molecule has 4 heterocycles. The molecule has 0 saturated carbocycles. The van der Waals surface area contributed by atoms with Crippen LogP contribution in [0.4, 0.5) is 26.3 Å². The number of hydrogen-bond donors (Lipinski definition) is 0. The minimum absolute atomic E-state index is 0.184.